The second kappa shape index (κ2) is 10.4. The van der Waals surface area contributed by atoms with Gasteiger partial charge in [-0.2, -0.15) is 4.98 Å². The smallest absolute Gasteiger partial charge is 0.224 e. The van der Waals surface area contributed by atoms with Crippen molar-refractivity contribution in [3.05, 3.63) is 40.5 Å². The molecular weight excluding hydrogens is 434 g/mol. The molecule has 1 aromatic carbocycles. The maximum absolute atomic E-state index is 9.72. The predicted molar refractivity (Wildman–Crippen MR) is 124 cm³/mol. The summed E-state index contributed by atoms with van der Waals surface area (Å²) in [4.78, 5) is 11.1. The Hall–Kier alpha value is -1.54. The van der Waals surface area contributed by atoms with Crippen molar-refractivity contribution >= 4 is 29.1 Å². The molecule has 2 aliphatic rings. The first-order chi connectivity index (χ1) is 15.1. The monoisotopic (exact) mass is 463 g/mol. The van der Waals surface area contributed by atoms with E-state index in [4.69, 9.17) is 21.1 Å². The average molecular weight is 464 g/mol. The zero-order chi connectivity index (χ0) is 21.8. The molecule has 2 aromatic rings. The van der Waals surface area contributed by atoms with Gasteiger partial charge in [-0.05, 0) is 61.5 Å². The lowest BCUT2D eigenvalue weighted by Crippen LogP contribution is -2.25. The van der Waals surface area contributed by atoms with Crippen molar-refractivity contribution < 1.29 is 14.6 Å². The van der Waals surface area contributed by atoms with E-state index in [2.05, 4.69) is 39.1 Å². The van der Waals surface area contributed by atoms with E-state index in [1.165, 1.54) is 17.3 Å². The fourth-order valence-electron chi connectivity index (χ4n) is 4.58. The van der Waals surface area contributed by atoms with Crippen molar-refractivity contribution in [1.29, 1.82) is 0 Å². The van der Waals surface area contributed by atoms with Crippen molar-refractivity contribution in [2.45, 2.75) is 56.0 Å². The summed E-state index contributed by atoms with van der Waals surface area (Å²) < 4.78 is 10.9. The van der Waals surface area contributed by atoms with Gasteiger partial charge in [-0.25, -0.2) is 4.98 Å². The Morgan fingerprint density at radius 2 is 1.97 bits per heavy atom. The maximum atomic E-state index is 9.72. The molecule has 4 rings (SSSR count). The summed E-state index contributed by atoms with van der Waals surface area (Å²) in [6.45, 7) is 1.97. The average Bonchev–Trinajstić information content (AvgIpc) is 3.02. The third kappa shape index (κ3) is 5.45. The molecule has 6 nitrogen and oxygen atoms in total. The third-order valence-electron chi connectivity index (χ3n) is 6.41. The van der Waals surface area contributed by atoms with Gasteiger partial charge in [-0.15, -0.1) is 0 Å². The first-order valence-corrected chi connectivity index (χ1v) is 12.5. The molecule has 2 heterocycles. The zero-order valence-corrected chi connectivity index (χ0v) is 19.7. The van der Waals surface area contributed by atoms with Crippen LogP contribution in [0.3, 0.4) is 0 Å². The lowest BCUT2D eigenvalue weighted by Gasteiger charge is -2.30. The van der Waals surface area contributed by atoms with Crippen LogP contribution in [0.1, 0.15) is 49.1 Å². The Bertz CT molecular complexity index is 875. The molecule has 0 saturated heterocycles. The molecule has 8 heteroatoms. The van der Waals surface area contributed by atoms with Gasteiger partial charge in [0, 0.05) is 19.2 Å². The standard InChI is InChI=1S/C23H30ClN3O3S/c1-29-20(28)13-15-3-5-16(6-4-15)17-7-9-18(10-8-17)27-11-12-30-22-19(14-27)21(24)25-23(26-22)31-2/h7-10,15-16,20,28H,3-6,11-14H2,1-2H3. The SMILES string of the molecule is COC(O)CC1CCC(c2ccc(N3CCOc4nc(SC)nc(Cl)c4C3)cc2)CC1. The number of fused-ring (bicyclic) bond motifs is 1. The summed E-state index contributed by atoms with van der Waals surface area (Å²) >= 11 is 7.90. The highest BCUT2D eigenvalue weighted by atomic mass is 35.5. The number of hydrogen-bond acceptors (Lipinski definition) is 7. The van der Waals surface area contributed by atoms with Gasteiger partial charge in [-0.1, -0.05) is 35.5 Å². The van der Waals surface area contributed by atoms with E-state index in [1.807, 2.05) is 6.26 Å². The first-order valence-electron chi connectivity index (χ1n) is 10.9. The van der Waals surface area contributed by atoms with Crippen LogP contribution in [0, 0.1) is 5.92 Å². The van der Waals surface area contributed by atoms with Crippen LogP contribution in [-0.4, -0.2) is 47.9 Å². The molecule has 1 aromatic heterocycles. The van der Waals surface area contributed by atoms with E-state index >= 15 is 0 Å². The molecule has 1 aliphatic heterocycles. The van der Waals surface area contributed by atoms with Crippen LogP contribution < -0.4 is 9.64 Å². The van der Waals surface area contributed by atoms with Gasteiger partial charge in [0.25, 0.3) is 0 Å². The Kier molecular flexibility index (Phi) is 7.59. The molecular formula is C23H30ClN3O3S. The highest BCUT2D eigenvalue weighted by Gasteiger charge is 2.25. The highest BCUT2D eigenvalue weighted by Crippen LogP contribution is 2.38. The van der Waals surface area contributed by atoms with Crippen LogP contribution >= 0.6 is 23.4 Å². The van der Waals surface area contributed by atoms with Crippen LogP contribution in [0.4, 0.5) is 5.69 Å². The van der Waals surface area contributed by atoms with Gasteiger partial charge >= 0.3 is 0 Å². The summed E-state index contributed by atoms with van der Waals surface area (Å²) in [5.74, 6) is 1.74. The number of aliphatic hydroxyl groups excluding tert-OH is 1. The maximum Gasteiger partial charge on any atom is 0.224 e. The number of rotatable bonds is 6. The van der Waals surface area contributed by atoms with E-state index < -0.39 is 6.29 Å². The number of anilines is 1. The molecule has 1 aliphatic carbocycles. The molecule has 1 saturated carbocycles. The minimum atomic E-state index is -0.630. The Labute approximate surface area is 193 Å². The number of thioether (sulfide) groups is 1. The summed E-state index contributed by atoms with van der Waals surface area (Å²) in [5.41, 5.74) is 3.40. The number of ether oxygens (including phenoxy) is 2. The molecule has 1 fully saturated rings. The number of aromatic nitrogens is 2. The van der Waals surface area contributed by atoms with Crippen molar-refractivity contribution in [3.8, 4) is 5.88 Å². The fourth-order valence-corrected chi connectivity index (χ4v) is 5.20. The van der Waals surface area contributed by atoms with Crippen molar-refractivity contribution in [2.24, 2.45) is 5.92 Å². The molecule has 0 amide bonds. The molecule has 1 atom stereocenters. The van der Waals surface area contributed by atoms with Crippen LogP contribution in [-0.2, 0) is 11.3 Å². The van der Waals surface area contributed by atoms with Crippen LogP contribution in [0.5, 0.6) is 5.88 Å². The highest BCUT2D eigenvalue weighted by molar-refractivity contribution is 7.98. The summed E-state index contributed by atoms with van der Waals surface area (Å²) in [6, 6.07) is 8.91. The van der Waals surface area contributed by atoms with Crippen LogP contribution in [0.25, 0.3) is 0 Å². The van der Waals surface area contributed by atoms with E-state index in [9.17, 15) is 5.11 Å². The van der Waals surface area contributed by atoms with Gasteiger partial charge < -0.3 is 19.5 Å². The molecule has 168 valence electrons. The predicted octanol–water partition coefficient (Wildman–Crippen LogP) is 4.88. The van der Waals surface area contributed by atoms with E-state index in [-0.39, 0.29) is 0 Å². The van der Waals surface area contributed by atoms with E-state index in [1.54, 1.807) is 7.11 Å². The number of benzene rings is 1. The van der Waals surface area contributed by atoms with Gasteiger partial charge in [0.1, 0.15) is 11.8 Å². The number of methoxy groups -OCH3 is 1. The number of hydrogen-bond donors (Lipinski definition) is 1. The van der Waals surface area contributed by atoms with E-state index in [0.29, 0.717) is 41.2 Å². The molecule has 0 bridgehead atoms. The number of aliphatic hydroxyl groups is 1. The largest absolute Gasteiger partial charge is 0.475 e. The van der Waals surface area contributed by atoms with Crippen LogP contribution in [0.15, 0.2) is 29.4 Å². The van der Waals surface area contributed by atoms with Gasteiger partial charge in [0.2, 0.25) is 5.88 Å². The Morgan fingerprint density at radius 1 is 1.23 bits per heavy atom. The topological polar surface area (TPSA) is 67.7 Å². The van der Waals surface area contributed by atoms with Crippen molar-refractivity contribution in [1.82, 2.24) is 9.97 Å². The molecule has 0 radical (unpaired) electrons. The third-order valence-corrected chi connectivity index (χ3v) is 7.27. The normalized spacial score (nSPS) is 22.4. The zero-order valence-electron chi connectivity index (χ0n) is 18.1. The Balaban J connectivity index is 1.41. The quantitative estimate of drug-likeness (QED) is 0.283. The van der Waals surface area contributed by atoms with Crippen molar-refractivity contribution in [2.75, 3.05) is 31.4 Å². The second-order valence-corrected chi connectivity index (χ2v) is 9.42. The van der Waals surface area contributed by atoms with Gasteiger partial charge in [0.15, 0.2) is 11.4 Å². The first kappa shape index (κ1) is 22.6. The summed E-state index contributed by atoms with van der Waals surface area (Å²) in [5, 5.41) is 10.8. The minimum Gasteiger partial charge on any atom is -0.475 e. The molecule has 31 heavy (non-hydrogen) atoms. The number of halogens is 1. The second-order valence-electron chi connectivity index (χ2n) is 8.29. The number of nitrogens with zero attached hydrogens (tertiary/aromatic N) is 3. The summed E-state index contributed by atoms with van der Waals surface area (Å²) in [7, 11) is 1.56. The summed E-state index contributed by atoms with van der Waals surface area (Å²) in [6.07, 6.45) is 6.65. The lowest BCUT2D eigenvalue weighted by molar-refractivity contribution is -0.0897. The fraction of sp³-hybridized carbons (Fsp3) is 0.565. The molecule has 0 spiro atoms. The Morgan fingerprint density at radius 3 is 2.65 bits per heavy atom. The van der Waals surface area contributed by atoms with Crippen molar-refractivity contribution in [3.63, 3.8) is 0 Å². The van der Waals surface area contributed by atoms with Crippen LogP contribution in [0.2, 0.25) is 5.15 Å². The molecule has 1 unspecified atom stereocenters. The molecule has 1 N–H and O–H groups in total. The minimum absolute atomic E-state index is 0.466. The lowest BCUT2D eigenvalue weighted by atomic mass is 9.77. The van der Waals surface area contributed by atoms with E-state index in [0.717, 1.165) is 49.9 Å². The van der Waals surface area contributed by atoms with Gasteiger partial charge in [0.05, 0.1) is 18.7 Å². The van der Waals surface area contributed by atoms with Gasteiger partial charge in [-0.3, -0.25) is 0 Å².